The van der Waals surface area contributed by atoms with Crippen molar-refractivity contribution in [3.8, 4) is 0 Å². The Labute approximate surface area is 125 Å². The summed E-state index contributed by atoms with van der Waals surface area (Å²) in [5, 5.41) is 9.42. The van der Waals surface area contributed by atoms with Crippen LogP contribution in [-0.4, -0.2) is 26.6 Å². The Morgan fingerprint density at radius 2 is 2.18 bits per heavy atom. The van der Waals surface area contributed by atoms with Crippen LogP contribution in [0, 0.1) is 18.7 Å². The number of nitrogens with zero attached hydrogens (tertiary/aromatic N) is 3. The number of rotatable bonds is 3. The molecule has 1 atom stereocenters. The summed E-state index contributed by atoms with van der Waals surface area (Å²) in [5.41, 5.74) is 0.486. The number of hydrogen-bond donors (Lipinski definition) is 2. The zero-order valence-corrected chi connectivity index (χ0v) is 11.8. The summed E-state index contributed by atoms with van der Waals surface area (Å²) in [5.74, 6) is -0.501. The molecule has 0 spiro atoms. The molecule has 114 valence electrons. The van der Waals surface area contributed by atoms with Crippen LogP contribution in [0.15, 0.2) is 24.3 Å². The molecule has 2 N–H and O–H groups in total. The Bertz CT molecular complexity index is 725. The number of nitrogens with one attached hydrogen (secondary N) is 2. The number of fused-ring (bicyclic) bond motifs is 1. The van der Waals surface area contributed by atoms with E-state index in [1.165, 1.54) is 24.3 Å². The van der Waals surface area contributed by atoms with Crippen LogP contribution >= 0.6 is 0 Å². The third-order valence-corrected chi connectivity index (χ3v) is 3.34. The molecule has 0 fully saturated rings. The fraction of sp³-hybridized carbons (Fsp3) is 0.286. The molecule has 3 rings (SSSR count). The molecule has 1 aromatic heterocycles. The van der Waals surface area contributed by atoms with Crippen molar-refractivity contribution in [3.63, 3.8) is 0 Å². The number of benzene rings is 1. The molecule has 1 aromatic carbocycles. The fourth-order valence-electron chi connectivity index (χ4n) is 2.31. The molecule has 0 radical (unpaired) electrons. The highest BCUT2D eigenvalue weighted by molar-refractivity contribution is 5.98. The molecule has 22 heavy (non-hydrogen) atoms. The van der Waals surface area contributed by atoms with Crippen LogP contribution in [0.3, 0.4) is 0 Å². The molecule has 8 heteroatoms. The molecule has 2 heterocycles. The SMILES string of the molecule is Cc1nc2n(n1)CC(CC(=O)Nc1ccc(F)cc1)C(=O)N2. The highest BCUT2D eigenvalue weighted by atomic mass is 19.1. The van der Waals surface area contributed by atoms with Gasteiger partial charge in [0.05, 0.1) is 12.5 Å². The van der Waals surface area contributed by atoms with Crippen LogP contribution in [0.25, 0.3) is 0 Å². The van der Waals surface area contributed by atoms with Gasteiger partial charge in [-0.15, -0.1) is 0 Å². The number of halogens is 1. The van der Waals surface area contributed by atoms with Crippen LogP contribution in [0.5, 0.6) is 0 Å². The van der Waals surface area contributed by atoms with Crippen molar-refractivity contribution in [2.45, 2.75) is 19.9 Å². The lowest BCUT2D eigenvalue weighted by atomic mass is 10.0. The van der Waals surface area contributed by atoms with Gasteiger partial charge in [-0.25, -0.2) is 9.07 Å². The van der Waals surface area contributed by atoms with Crippen LogP contribution < -0.4 is 10.6 Å². The predicted octanol–water partition coefficient (Wildman–Crippen LogP) is 1.32. The molecule has 1 aliphatic heterocycles. The zero-order chi connectivity index (χ0) is 15.7. The topological polar surface area (TPSA) is 88.9 Å². The summed E-state index contributed by atoms with van der Waals surface area (Å²) in [6.07, 6.45) is 0.0154. The maximum absolute atomic E-state index is 12.8. The monoisotopic (exact) mass is 303 g/mol. The van der Waals surface area contributed by atoms with E-state index >= 15 is 0 Å². The molecular formula is C14H14FN5O2. The summed E-state index contributed by atoms with van der Waals surface area (Å²) in [7, 11) is 0. The van der Waals surface area contributed by atoms with Gasteiger partial charge in [0.1, 0.15) is 11.6 Å². The van der Waals surface area contributed by atoms with Gasteiger partial charge in [-0.1, -0.05) is 0 Å². The van der Waals surface area contributed by atoms with Crippen LogP contribution in [0.2, 0.25) is 0 Å². The molecule has 0 saturated heterocycles. The van der Waals surface area contributed by atoms with Crippen molar-refractivity contribution in [2.75, 3.05) is 10.6 Å². The Morgan fingerprint density at radius 3 is 2.91 bits per heavy atom. The van der Waals surface area contributed by atoms with Gasteiger partial charge in [-0.2, -0.15) is 10.1 Å². The average Bonchev–Trinajstić information content (AvgIpc) is 2.81. The second kappa shape index (κ2) is 5.55. The zero-order valence-electron chi connectivity index (χ0n) is 11.8. The highest BCUT2D eigenvalue weighted by Crippen LogP contribution is 2.20. The van der Waals surface area contributed by atoms with E-state index in [4.69, 9.17) is 0 Å². The van der Waals surface area contributed by atoms with Crippen molar-refractivity contribution in [3.05, 3.63) is 35.9 Å². The van der Waals surface area contributed by atoms with Crippen molar-refractivity contribution in [2.24, 2.45) is 5.92 Å². The van der Waals surface area contributed by atoms with E-state index in [2.05, 4.69) is 20.7 Å². The molecule has 7 nitrogen and oxygen atoms in total. The minimum Gasteiger partial charge on any atom is -0.326 e. The smallest absolute Gasteiger partial charge is 0.232 e. The first kappa shape index (κ1) is 14.2. The Balaban J connectivity index is 1.64. The molecule has 0 bridgehead atoms. The lowest BCUT2D eigenvalue weighted by molar-refractivity contribution is -0.125. The van der Waals surface area contributed by atoms with Gasteiger partial charge in [0, 0.05) is 12.1 Å². The predicted molar refractivity (Wildman–Crippen MR) is 76.5 cm³/mol. The summed E-state index contributed by atoms with van der Waals surface area (Å²) in [6, 6.07) is 5.45. The lowest BCUT2D eigenvalue weighted by Gasteiger charge is -2.21. The van der Waals surface area contributed by atoms with Crippen molar-refractivity contribution in [1.29, 1.82) is 0 Å². The van der Waals surface area contributed by atoms with Crippen molar-refractivity contribution < 1.29 is 14.0 Å². The fourth-order valence-corrected chi connectivity index (χ4v) is 2.31. The Morgan fingerprint density at radius 1 is 1.45 bits per heavy atom. The second-order valence-corrected chi connectivity index (χ2v) is 5.11. The van der Waals surface area contributed by atoms with Gasteiger partial charge in [0.25, 0.3) is 0 Å². The molecule has 0 aliphatic carbocycles. The average molecular weight is 303 g/mol. The van der Waals surface area contributed by atoms with E-state index in [9.17, 15) is 14.0 Å². The normalized spacial score (nSPS) is 16.8. The molecule has 1 unspecified atom stereocenters. The number of amides is 2. The number of aryl methyl sites for hydroxylation is 1. The van der Waals surface area contributed by atoms with Crippen LogP contribution in [0.4, 0.5) is 16.0 Å². The minimum atomic E-state index is -0.519. The van der Waals surface area contributed by atoms with Crippen molar-refractivity contribution in [1.82, 2.24) is 14.8 Å². The first-order chi connectivity index (χ1) is 10.5. The Hall–Kier alpha value is -2.77. The van der Waals surface area contributed by atoms with Gasteiger partial charge in [-0.05, 0) is 31.2 Å². The first-order valence-corrected chi connectivity index (χ1v) is 6.79. The molecule has 2 aromatic rings. The molecule has 2 amide bonds. The van der Waals surface area contributed by atoms with E-state index in [1.54, 1.807) is 11.6 Å². The van der Waals surface area contributed by atoms with Gasteiger partial charge in [0.15, 0.2) is 0 Å². The van der Waals surface area contributed by atoms with Crippen LogP contribution in [-0.2, 0) is 16.1 Å². The summed E-state index contributed by atoms with van der Waals surface area (Å²) >= 11 is 0. The Kier molecular flexibility index (Phi) is 3.58. The quantitative estimate of drug-likeness (QED) is 0.895. The number of carbonyl (C=O) groups excluding carboxylic acids is 2. The maximum Gasteiger partial charge on any atom is 0.232 e. The third-order valence-electron chi connectivity index (χ3n) is 3.34. The second-order valence-electron chi connectivity index (χ2n) is 5.11. The molecule has 0 saturated carbocycles. The number of anilines is 2. The lowest BCUT2D eigenvalue weighted by Crippen LogP contribution is -2.36. The van der Waals surface area contributed by atoms with Gasteiger partial charge < -0.3 is 5.32 Å². The van der Waals surface area contributed by atoms with Crippen LogP contribution in [0.1, 0.15) is 12.2 Å². The number of hydrogen-bond acceptors (Lipinski definition) is 4. The molecule has 1 aliphatic rings. The van der Waals surface area contributed by atoms with E-state index < -0.39 is 5.92 Å². The first-order valence-electron chi connectivity index (χ1n) is 6.79. The number of carbonyl (C=O) groups is 2. The summed E-state index contributed by atoms with van der Waals surface area (Å²) < 4.78 is 14.4. The summed E-state index contributed by atoms with van der Waals surface area (Å²) in [6.45, 7) is 2.03. The van der Waals surface area contributed by atoms with Crippen molar-refractivity contribution >= 4 is 23.5 Å². The van der Waals surface area contributed by atoms with E-state index in [0.29, 0.717) is 24.0 Å². The van der Waals surface area contributed by atoms with Gasteiger partial charge >= 0.3 is 0 Å². The van der Waals surface area contributed by atoms with E-state index in [1.807, 2.05) is 0 Å². The third kappa shape index (κ3) is 2.95. The molecular weight excluding hydrogens is 289 g/mol. The maximum atomic E-state index is 12.8. The largest absolute Gasteiger partial charge is 0.326 e. The summed E-state index contributed by atoms with van der Waals surface area (Å²) in [4.78, 5) is 28.1. The minimum absolute atomic E-state index is 0.0154. The van der Waals surface area contributed by atoms with E-state index in [-0.39, 0.29) is 24.1 Å². The van der Waals surface area contributed by atoms with Gasteiger partial charge in [0.2, 0.25) is 17.8 Å². The van der Waals surface area contributed by atoms with E-state index in [0.717, 1.165) is 0 Å². The van der Waals surface area contributed by atoms with Gasteiger partial charge in [-0.3, -0.25) is 14.9 Å². The number of aromatic nitrogens is 3. The highest BCUT2D eigenvalue weighted by Gasteiger charge is 2.29. The standard InChI is InChI=1S/C14H14FN5O2/c1-8-16-14-18-13(22)9(7-20(14)19-8)6-12(21)17-11-4-2-10(15)3-5-11/h2-5,9H,6-7H2,1H3,(H,17,21)(H,16,18,19,22).